The van der Waals surface area contributed by atoms with E-state index in [1.165, 1.54) is 10.1 Å². The number of nitrogens with zero attached hydrogens (tertiary/aromatic N) is 3. The normalized spacial score (nSPS) is 19.5. The quantitative estimate of drug-likeness (QED) is 0.485. The Morgan fingerprint density at radius 3 is 2.30 bits per heavy atom. The van der Waals surface area contributed by atoms with Gasteiger partial charge in [0.15, 0.2) is 0 Å². The summed E-state index contributed by atoms with van der Waals surface area (Å²) >= 11 is 0. The zero-order valence-electron chi connectivity index (χ0n) is 23.7. The summed E-state index contributed by atoms with van der Waals surface area (Å²) in [7, 11) is 1.72. The van der Waals surface area contributed by atoms with Crippen LogP contribution >= 0.6 is 0 Å². The van der Waals surface area contributed by atoms with Crippen molar-refractivity contribution in [3.8, 4) is 0 Å². The zero-order chi connectivity index (χ0) is 28.7. The van der Waals surface area contributed by atoms with Crippen molar-refractivity contribution in [2.45, 2.75) is 70.9 Å². The van der Waals surface area contributed by atoms with Gasteiger partial charge < -0.3 is 9.64 Å². The minimum Gasteiger partial charge on any atom is -0.444 e. The molecule has 2 fully saturated rings. The smallest absolute Gasteiger partial charge is 0.410 e. The molecule has 3 aromatic rings. The van der Waals surface area contributed by atoms with E-state index in [1.807, 2.05) is 49.9 Å². The van der Waals surface area contributed by atoms with Crippen LogP contribution in [0.4, 0.5) is 4.79 Å². The van der Waals surface area contributed by atoms with Gasteiger partial charge in [0.25, 0.3) is 0 Å². The highest BCUT2D eigenvalue weighted by atomic mass is 16.6. The molecule has 0 saturated carbocycles. The SMILES string of the molecule is Cn1c(=O)n(C2CCC(=O)NC2=O)c2ccc(CC3(Cc4ccccc4)CCN(C(=O)OC(C)(C)C)CC3)cc21. The number of imide groups is 1. The summed E-state index contributed by atoms with van der Waals surface area (Å²) in [6.45, 7) is 6.88. The maximum absolute atomic E-state index is 13.2. The highest BCUT2D eigenvalue weighted by Gasteiger charge is 2.38. The summed E-state index contributed by atoms with van der Waals surface area (Å²) in [6.07, 6.45) is 3.57. The van der Waals surface area contributed by atoms with E-state index in [2.05, 4.69) is 29.6 Å². The van der Waals surface area contributed by atoms with Gasteiger partial charge >= 0.3 is 11.8 Å². The Bertz CT molecular complexity index is 1490. The van der Waals surface area contributed by atoms with E-state index in [0.717, 1.165) is 36.8 Å². The van der Waals surface area contributed by atoms with Crippen LogP contribution in [0.2, 0.25) is 0 Å². The Hall–Kier alpha value is -3.88. The molecule has 9 nitrogen and oxygen atoms in total. The summed E-state index contributed by atoms with van der Waals surface area (Å²) in [5, 5.41) is 2.36. The van der Waals surface area contributed by atoms with E-state index < -0.39 is 17.6 Å². The number of hydrogen-bond donors (Lipinski definition) is 1. The van der Waals surface area contributed by atoms with Crippen molar-refractivity contribution in [2.75, 3.05) is 13.1 Å². The first-order valence-electron chi connectivity index (χ1n) is 14.0. The van der Waals surface area contributed by atoms with Crippen molar-refractivity contribution >= 4 is 28.9 Å². The molecule has 1 aromatic heterocycles. The Labute approximate surface area is 234 Å². The highest BCUT2D eigenvalue weighted by Crippen LogP contribution is 2.39. The maximum atomic E-state index is 13.2. The predicted molar refractivity (Wildman–Crippen MR) is 152 cm³/mol. The third-order valence-electron chi connectivity index (χ3n) is 8.15. The zero-order valence-corrected chi connectivity index (χ0v) is 23.7. The summed E-state index contributed by atoms with van der Waals surface area (Å²) in [4.78, 5) is 52.0. The van der Waals surface area contributed by atoms with Crippen LogP contribution in [0.3, 0.4) is 0 Å². The number of likely N-dealkylation sites (tertiary alicyclic amines) is 1. The van der Waals surface area contributed by atoms with Crippen LogP contribution in [0.25, 0.3) is 11.0 Å². The van der Waals surface area contributed by atoms with Crippen LogP contribution in [0, 0.1) is 5.41 Å². The van der Waals surface area contributed by atoms with Gasteiger partial charge in [-0.05, 0) is 81.5 Å². The number of ether oxygens (including phenoxy) is 1. The van der Waals surface area contributed by atoms with E-state index in [0.29, 0.717) is 25.0 Å². The maximum Gasteiger partial charge on any atom is 0.410 e. The largest absolute Gasteiger partial charge is 0.444 e. The first-order valence-corrected chi connectivity index (χ1v) is 14.0. The van der Waals surface area contributed by atoms with Crippen molar-refractivity contribution in [2.24, 2.45) is 12.5 Å². The van der Waals surface area contributed by atoms with Crippen LogP contribution in [-0.2, 0) is 34.2 Å². The molecule has 9 heteroatoms. The Balaban J connectivity index is 1.43. The van der Waals surface area contributed by atoms with Crippen LogP contribution < -0.4 is 11.0 Å². The molecule has 1 unspecified atom stereocenters. The Kier molecular flexibility index (Phi) is 7.33. The van der Waals surface area contributed by atoms with Gasteiger partial charge in [0, 0.05) is 26.6 Å². The molecular weight excluding hydrogens is 508 g/mol. The molecule has 0 bridgehead atoms. The average molecular weight is 547 g/mol. The van der Waals surface area contributed by atoms with E-state index in [-0.39, 0.29) is 29.5 Å². The van der Waals surface area contributed by atoms with Crippen LogP contribution in [0.1, 0.15) is 63.6 Å². The third-order valence-corrected chi connectivity index (χ3v) is 8.15. The van der Waals surface area contributed by atoms with Gasteiger partial charge in [-0.1, -0.05) is 36.4 Å². The topological polar surface area (TPSA) is 103 Å². The number of imidazole rings is 1. The molecule has 2 saturated heterocycles. The molecule has 2 aliphatic heterocycles. The van der Waals surface area contributed by atoms with Crippen molar-refractivity contribution in [1.29, 1.82) is 0 Å². The highest BCUT2D eigenvalue weighted by molar-refractivity contribution is 6.00. The van der Waals surface area contributed by atoms with E-state index in [4.69, 9.17) is 4.74 Å². The predicted octanol–water partition coefficient (Wildman–Crippen LogP) is 4.12. The second kappa shape index (κ2) is 10.6. The first-order chi connectivity index (χ1) is 18.9. The van der Waals surface area contributed by atoms with Crippen molar-refractivity contribution in [3.05, 3.63) is 70.1 Å². The van der Waals surface area contributed by atoms with Crippen LogP contribution in [0.15, 0.2) is 53.3 Å². The van der Waals surface area contributed by atoms with Crippen molar-refractivity contribution in [1.82, 2.24) is 19.4 Å². The fourth-order valence-corrected chi connectivity index (χ4v) is 6.12. The van der Waals surface area contributed by atoms with E-state index in [9.17, 15) is 19.2 Å². The molecule has 212 valence electrons. The molecule has 2 aliphatic rings. The monoisotopic (exact) mass is 546 g/mol. The average Bonchev–Trinajstić information content (AvgIpc) is 3.13. The molecule has 0 spiro atoms. The molecule has 0 aliphatic carbocycles. The number of benzene rings is 2. The third kappa shape index (κ3) is 5.69. The lowest BCUT2D eigenvalue weighted by Gasteiger charge is -2.42. The molecule has 3 amide bonds. The fraction of sp³-hybridized carbons (Fsp3) is 0.484. The lowest BCUT2D eigenvalue weighted by molar-refractivity contribution is -0.135. The summed E-state index contributed by atoms with van der Waals surface area (Å²) in [6, 6.07) is 15.7. The molecule has 3 heterocycles. The molecule has 5 rings (SSSR count). The van der Waals surface area contributed by atoms with Crippen LogP contribution in [-0.4, -0.2) is 50.6 Å². The minimum atomic E-state index is -0.707. The van der Waals surface area contributed by atoms with E-state index in [1.54, 1.807) is 11.6 Å². The van der Waals surface area contributed by atoms with Crippen molar-refractivity contribution < 1.29 is 19.1 Å². The van der Waals surface area contributed by atoms with Gasteiger partial charge in [0.05, 0.1) is 11.0 Å². The number of aromatic nitrogens is 2. The lowest BCUT2D eigenvalue weighted by Crippen LogP contribution is -2.46. The number of amides is 3. The second-order valence-corrected chi connectivity index (χ2v) is 12.3. The van der Waals surface area contributed by atoms with Crippen LogP contribution in [0.5, 0.6) is 0 Å². The number of nitrogens with one attached hydrogen (secondary N) is 1. The minimum absolute atomic E-state index is 0.0708. The van der Waals surface area contributed by atoms with Gasteiger partial charge in [0.2, 0.25) is 11.8 Å². The Morgan fingerprint density at radius 1 is 0.975 bits per heavy atom. The molecule has 1 atom stereocenters. The number of hydrogen-bond acceptors (Lipinski definition) is 5. The number of rotatable bonds is 5. The van der Waals surface area contributed by atoms with Crippen molar-refractivity contribution in [3.63, 3.8) is 0 Å². The fourth-order valence-electron chi connectivity index (χ4n) is 6.12. The van der Waals surface area contributed by atoms with Gasteiger partial charge in [-0.2, -0.15) is 0 Å². The molecular formula is C31H38N4O5. The van der Waals surface area contributed by atoms with Gasteiger partial charge in [-0.25, -0.2) is 9.59 Å². The number of fused-ring (bicyclic) bond motifs is 1. The number of carbonyl (C=O) groups is 3. The number of carbonyl (C=O) groups excluding carboxylic acids is 3. The molecule has 40 heavy (non-hydrogen) atoms. The second-order valence-electron chi connectivity index (χ2n) is 12.3. The molecule has 0 radical (unpaired) electrons. The summed E-state index contributed by atoms with van der Waals surface area (Å²) < 4.78 is 8.72. The van der Waals surface area contributed by atoms with Gasteiger partial charge in [-0.15, -0.1) is 0 Å². The van der Waals surface area contributed by atoms with Gasteiger partial charge in [-0.3, -0.25) is 24.0 Å². The first kappa shape index (κ1) is 27.7. The molecule has 2 aromatic carbocycles. The lowest BCUT2D eigenvalue weighted by atomic mass is 9.70. The Morgan fingerprint density at radius 2 is 1.65 bits per heavy atom. The van der Waals surface area contributed by atoms with E-state index >= 15 is 0 Å². The molecule has 1 N–H and O–H groups in total. The number of aryl methyl sites for hydroxylation is 1. The summed E-state index contributed by atoms with van der Waals surface area (Å²) in [5.74, 6) is -0.744. The summed E-state index contributed by atoms with van der Waals surface area (Å²) in [5.41, 5.74) is 2.92. The number of piperidine rings is 2. The standard InChI is InChI=1S/C31H38N4O5/c1-30(2,3)40-29(39)34-16-14-31(15-17-34,19-21-8-6-5-7-9-21)20-22-10-11-23-25(18-22)33(4)28(38)35(23)24-12-13-26(36)32-27(24)37/h5-11,18,24H,12-17,19-20H2,1-4H3,(H,32,36,37). The van der Waals surface area contributed by atoms with Gasteiger partial charge in [0.1, 0.15) is 11.6 Å².